The largest absolute Gasteiger partial charge is 0.497 e. The van der Waals surface area contributed by atoms with Gasteiger partial charge in [0.1, 0.15) is 5.75 Å². The van der Waals surface area contributed by atoms with Gasteiger partial charge in [0, 0.05) is 18.7 Å². The monoisotopic (exact) mass is 191 g/mol. The summed E-state index contributed by atoms with van der Waals surface area (Å²) in [6.45, 7) is 0.838. The quantitative estimate of drug-likeness (QED) is 0.713. The van der Waals surface area contributed by atoms with Crippen molar-refractivity contribution in [2.24, 2.45) is 0 Å². The van der Waals surface area contributed by atoms with Crippen molar-refractivity contribution < 1.29 is 9.53 Å². The maximum absolute atomic E-state index is 11.4. The molecule has 1 heterocycles. The van der Waals surface area contributed by atoms with Crippen LogP contribution in [0.15, 0.2) is 24.3 Å². The van der Waals surface area contributed by atoms with Crippen molar-refractivity contribution in [1.82, 2.24) is 0 Å². The molecule has 1 aromatic carbocycles. The highest BCUT2D eigenvalue weighted by Crippen LogP contribution is 2.23. The zero-order chi connectivity index (χ0) is 9.97. The van der Waals surface area contributed by atoms with Crippen LogP contribution in [0.5, 0.6) is 5.75 Å². The molecule has 74 valence electrons. The molecule has 1 aliphatic heterocycles. The smallest absolute Gasteiger partial charge is 0.227 e. The molecular weight excluding hydrogens is 178 g/mol. The standard InChI is InChI=1S/C11H13NO2/c1-14-10-6-4-9(5-7-10)12-8-2-3-11(12)13/h4-7H,2-3,8H2,1H3. The van der Waals surface area contributed by atoms with Crippen molar-refractivity contribution in [3.63, 3.8) is 0 Å². The Morgan fingerprint density at radius 1 is 1.29 bits per heavy atom. The summed E-state index contributed by atoms with van der Waals surface area (Å²) in [6, 6.07) is 7.59. The zero-order valence-electron chi connectivity index (χ0n) is 8.19. The van der Waals surface area contributed by atoms with Crippen LogP contribution in [0.2, 0.25) is 0 Å². The average molecular weight is 191 g/mol. The number of methoxy groups -OCH3 is 1. The summed E-state index contributed by atoms with van der Waals surface area (Å²) >= 11 is 0. The molecule has 3 nitrogen and oxygen atoms in total. The van der Waals surface area contributed by atoms with Crippen molar-refractivity contribution in [3.05, 3.63) is 24.3 Å². The van der Waals surface area contributed by atoms with Gasteiger partial charge in [-0.3, -0.25) is 4.79 Å². The lowest BCUT2D eigenvalue weighted by Crippen LogP contribution is -2.23. The minimum Gasteiger partial charge on any atom is -0.497 e. The Labute approximate surface area is 83.3 Å². The summed E-state index contributed by atoms with van der Waals surface area (Å²) in [5, 5.41) is 0. The third-order valence-electron chi connectivity index (χ3n) is 2.46. The molecule has 0 saturated carbocycles. The van der Waals surface area contributed by atoms with Crippen LogP contribution < -0.4 is 9.64 Å². The second-order valence-corrected chi connectivity index (χ2v) is 3.35. The molecule has 0 aliphatic carbocycles. The number of amides is 1. The van der Waals surface area contributed by atoms with E-state index in [1.54, 1.807) is 7.11 Å². The molecule has 2 rings (SSSR count). The summed E-state index contributed by atoms with van der Waals surface area (Å²) in [5.41, 5.74) is 0.966. The lowest BCUT2D eigenvalue weighted by Gasteiger charge is -2.15. The van der Waals surface area contributed by atoms with Gasteiger partial charge >= 0.3 is 0 Å². The highest BCUT2D eigenvalue weighted by atomic mass is 16.5. The van der Waals surface area contributed by atoms with Crippen molar-refractivity contribution in [2.45, 2.75) is 12.8 Å². The molecule has 1 aliphatic rings. The van der Waals surface area contributed by atoms with Crippen molar-refractivity contribution in [2.75, 3.05) is 18.6 Å². The molecule has 0 N–H and O–H groups in total. The van der Waals surface area contributed by atoms with E-state index in [4.69, 9.17) is 4.74 Å². The Bertz CT molecular complexity index is 332. The van der Waals surface area contributed by atoms with Crippen LogP contribution in [-0.2, 0) is 4.79 Å². The number of anilines is 1. The van der Waals surface area contributed by atoms with Gasteiger partial charge in [0.2, 0.25) is 5.91 Å². The van der Waals surface area contributed by atoms with E-state index in [0.717, 1.165) is 24.4 Å². The van der Waals surface area contributed by atoms with Gasteiger partial charge in [-0.1, -0.05) is 0 Å². The van der Waals surface area contributed by atoms with Crippen LogP contribution in [0.3, 0.4) is 0 Å². The van der Waals surface area contributed by atoms with Crippen LogP contribution in [0.4, 0.5) is 5.69 Å². The molecule has 0 atom stereocenters. The molecule has 1 aromatic rings. The topological polar surface area (TPSA) is 29.5 Å². The molecule has 0 aromatic heterocycles. The van der Waals surface area contributed by atoms with Gasteiger partial charge in [-0.2, -0.15) is 0 Å². The molecule has 0 unspecified atom stereocenters. The first kappa shape index (κ1) is 9.06. The fourth-order valence-corrected chi connectivity index (χ4v) is 1.68. The molecular formula is C11H13NO2. The maximum atomic E-state index is 11.4. The van der Waals surface area contributed by atoms with Crippen LogP contribution in [0, 0.1) is 0 Å². The number of benzene rings is 1. The van der Waals surface area contributed by atoms with Crippen molar-refractivity contribution in [1.29, 1.82) is 0 Å². The first-order valence-corrected chi connectivity index (χ1v) is 4.75. The van der Waals surface area contributed by atoms with E-state index in [1.165, 1.54) is 0 Å². The summed E-state index contributed by atoms with van der Waals surface area (Å²) in [5.74, 6) is 1.04. The second kappa shape index (κ2) is 3.70. The summed E-state index contributed by atoms with van der Waals surface area (Å²) in [4.78, 5) is 13.2. The number of carbonyl (C=O) groups is 1. The Morgan fingerprint density at radius 3 is 2.50 bits per heavy atom. The van der Waals surface area contributed by atoms with E-state index < -0.39 is 0 Å². The highest BCUT2D eigenvalue weighted by molar-refractivity contribution is 5.95. The number of ether oxygens (including phenoxy) is 1. The minimum atomic E-state index is 0.218. The van der Waals surface area contributed by atoms with Gasteiger partial charge in [0.25, 0.3) is 0 Å². The molecule has 1 saturated heterocycles. The average Bonchev–Trinajstić information content (AvgIpc) is 2.65. The number of rotatable bonds is 2. The van der Waals surface area contributed by atoms with E-state index in [2.05, 4.69) is 0 Å². The predicted octanol–water partition coefficient (Wildman–Crippen LogP) is 1.82. The van der Waals surface area contributed by atoms with Crippen LogP contribution >= 0.6 is 0 Å². The summed E-state index contributed by atoms with van der Waals surface area (Å²) in [6.07, 6.45) is 1.64. The number of hydrogen-bond acceptors (Lipinski definition) is 2. The minimum absolute atomic E-state index is 0.218. The molecule has 0 radical (unpaired) electrons. The van der Waals surface area contributed by atoms with Gasteiger partial charge in [0.15, 0.2) is 0 Å². The van der Waals surface area contributed by atoms with Gasteiger partial charge in [0.05, 0.1) is 7.11 Å². The fourth-order valence-electron chi connectivity index (χ4n) is 1.68. The van der Waals surface area contributed by atoms with E-state index in [1.807, 2.05) is 29.2 Å². The maximum Gasteiger partial charge on any atom is 0.227 e. The Kier molecular flexibility index (Phi) is 2.39. The summed E-state index contributed by atoms with van der Waals surface area (Å²) < 4.78 is 5.06. The predicted molar refractivity (Wildman–Crippen MR) is 54.6 cm³/mol. The van der Waals surface area contributed by atoms with Crippen molar-refractivity contribution >= 4 is 11.6 Å². The van der Waals surface area contributed by atoms with Crippen molar-refractivity contribution in [3.8, 4) is 5.75 Å². The van der Waals surface area contributed by atoms with Gasteiger partial charge in [-0.05, 0) is 30.7 Å². The molecule has 1 amide bonds. The molecule has 14 heavy (non-hydrogen) atoms. The third kappa shape index (κ3) is 1.58. The van der Waals surface area contributed by atoms with E-state index in [-0.39, 0.29) is 5.91 Å². The van der Waals surface area contributed by atoms with E-state index in [9.17, 15) is 4.79 Å². The molecule has 1 fully saturated rings. The normalized spacial score (nSPS) is 16.1. The SMILES string of the molecule is COc1ccc(N2CCCC2=O)cc1. The fraction of sp³-hybridized carbons (Fsp3) is 0.364. The molecule has 0 bridgehead atoms. The molecule has 0 spiro atoms. The van der Waals surface area contributed by atoms with Crippen LogP contribution in [-0.4, -0.2) is 19.6 Å². The third-order valence-corrected chi connectivity index (χ3v) is 2.46. The van der Waals surface area contributed by atoms with Crippen LogP contribution in [0.25, 0.3) is 0 Å². The first-order chi connectivity index (χ1) is 6.81. The Balaban J connectivity index is 2.20. The Hall–Kier alpha value is -1.51. The number of nitrogens with zero attached hydrogens (tertiary/aromatic N) is 1. The first-order valence-electron chi connectivity index (χ1n) is 4.75. The highest BCUT2D eigenvalue weighted by Gasteiger charge is 2.21. The number of hydrogen-bond donors (Lipinski definition) is 0. The van der Waals surface area contributed by atoms with E-state index in [0.29, 0.717) is 6.42 Å². The van der Waals surface area contributed by atoms with E-state index >= 15 is 0 Å². The Morgan fingerprint density at radius 2 is 2.00 bits per heavy atom. The second-order valence-electron chi connectivity index (χ2n) is 3.35. The van der Waals surface area contributed by atoms with Crippen LogP contribution in [0.1, 0.15) is 12.8 Å². The lowest BCUT2D eigenvalue weighted by molar-refractivity contribution is -0.117. The molecule has 3 heteroatoms. The van der Waals surface area contributed by atoms with Gasteiger partial charge in [-0.15, -0.1) is 0 Å². The van der Waals surface area contributed by atoms with Gasteiger partial charge in [-0.25, -0.2) is 0 Å². The summed E-state index contributed by atoms with van der Waals surface area (Å²) in [7, 11) is 1.63. The zero-order valence-corrected chi connectivity index (χ0v) is 8.19. The van der Waals surface area contributed by atoms with Gasteiger partial charge < -0.3 is 9.64 Å². The number of carbonyl (C=O) groups excluding carboxylic acids is 1. The lowest BCUT2D eigenvalue weighted by atomic mass is 10.3.